The molecule has 0 saturated carbocycles. The molecule has 10 nitrogen and oxygen atoms in total. The number of hydrogen-bond acceptors (Lipinski definition) is 8. The van der Waals surface area contributed by atoms with Crippen LogP contribution in [0.15, 0.2) is 65.6 Å². The molecule has 3 aromatic carbocycles. The van der Waals surface area contributed by atoms with Gasteiger partial charge in [-0.15, -0.1) is 0 Å². The number of rotatable bonds is 12. The fourth-order valence-corrected chi connectivity index (χ4v) is 6.06. The Hall–Kier alpha value is -3.96. The lowest BCUT2D eigenvalue weighted by atomic mass is 10.1. The Balaban J connectivity index is 1.45. The molecule has 0 atom stereocenters. The third-order valence-electron chi connectivity index (χ3n) is 6.59. The number of nitrogens with one attached hydrogen (secondary N) is 1. The maximum Gasteiger partial charge on any atom is 0.255 e. The zero-order valence-corrected chi connectivity index (χ0v) is 24.7. The molecule has 1 aliphatic heterocycles. The number of methoxy groups -OCH3 is 1. The molecule has 220 valence electrons. The molecule has 1 saturated heterocycles. The van der Waals surface area contributed by atoms with Crippen molar-refractivity contribution in [1.82, 2.24) is 4.31 Å². The van der Waals surface area contributed by atoms with E-state index < -0.39 is 15.9 Å². The van der Waals surface area contributed by atoms with Gasteiger partial charge in [0.05, 0.1) is 37.5 Å². The number of hydrogen-bond donors (Lipinski definition) is 1. The minimum absolute atomic E-state index is 0.166. The van der Waals surface area contributed by atoms with Crippen molar-refractivity contribution in [3.63, 3.8) is 0 Å². The number of para-hydroxylation sites is 2. The normalized spacial score (nSPS) is 13.9. The first-order chi connectivity index (χ1) is 19.8. The Morgan fingerprint density at radius 3 is 1.95 bits per heavy atom. The Labute approximate surface area is 241 Å². The lowest BCUT2D eigenvalue weighted by Gasteiger charge is -2.35. The summed E-state index contributed by atoms with van der Waals surface area (Å²) in [5.74, 6) is 1.65. The van der Waals surface area contributed by atoms with E-state index in [-0.39, 0.29) is 4.90 Å². The Morgan fingerprint density at radius 1 is 0.805 bits per heavy atom. The van der Waals surface area contributed by atoms with E-state index in [0.717, 1.165) is 11.4 Å². The van der Waals surface area contributed by atoms with Crippen LogP contribution in [0.1, 0.15) is 31.1 Å². The van der Waals surface area contributed by atoms with E-state index in [2.05, 4.69) is 10.2 Å². The van der Waals surface area contributed by atoms with Gasteiger partial charge in [-0.05, 0) is 69.3 Å². The van der Waals surface area contributed by atoms with E-state index in [1.54, 1.807) is 31.4 Å². The van der Waals surface area contributed by atoms with Gasteiger partial charge >= 0.3 is 0 Å². The Morgan fingerprint density at radius 2 is 1.39 bits per heavy atom. The van der Waals surface area contributed by atoms with Crippen LogP contribution < -0.4 is 29.2 Å². The summed E-state index contributed by atoms with van der Waals surface area (Å²) in [5.41, 5.74) is 1.73. The van der Waals surface area contributed by atoms with E-state index in [4.69, 9.17) is 18.9 Å². The number of carbonyl (C=O) groups is 1. The van der Waals surface area contributed by atoms with Crippen LogP contribution in [0.4, 0.5) is 11.4 Å². The molecule has 0 spiro atoms. The Bertz CT molecular complexity index is 1410. The zero-order valence-electron chi connectivity index (χ0n) is 23.9. The molecular formula is C30H37N3O7S. The lowest BCUT2D eigenvalue weighted by Crippen LogP contribution is -2.48. The van der Waals surface area contributed by atoms with Gasteiger partial charge in [0.2, 0.25) is 15.8 Å². The van der Waals surface area contributed by atoms with Gasteiger partial charge < -0.3 is 29.2 Å². The average Bonchev–Trinajstić information content (AvgIpc) is 2.99. The number of carbonyl (C=O) groups excluding carboxylic acids is 1. The van der Waals surface area contributed by atoms with Crippen molar-refractivity contribution in [2.45, 2.75) is 25.7 Å². The van der Waals surface area contributed by atoms with Crippen LogP contribution in [-0.4, -0.2) is 71.7 Å². The number of piperazine rings is 1. The van der Waals surface area contributed by atoms with E-state index in [1.165, 1.54) is 16.4 Å². The number of amides is 1. The van der Waals surface area contributed by atoms with E-state index >= 15 is 0 Å². The van der Waals surface area contributed by atoms with Gasteiger partial charge in [-0.1, -0.05) is 12.1 Å². The molecule has 0 aromatic heterocycles. The van der Waals surface area contributed by atoms with Gasteiger partial charge in [-0.3, -0.25) is 4.79 Å². The number of anilines is 2. The third kappa shape index (κ3) is 6.86. The van der Waals surface area contributed by atoms with Gasteiger partial charge in [-0.25, -0.2) is 8.42 Å². The summed E-state index contributed by atoms with van der Waals surface area (Å²) < 4.78 is 50.8. The zero-order chi connectivity index (χ0) is 29.4. The van der Waals surface area contributed by atoms with E-state index in [1.807, 2.05) is 45.0 Å². The van der Waals surface area contributed by atoms with Gasteiger partial charge in [-0.2, -0.15) is 4.31 Å². The summed E-state index contributed by atoms with van der Waals surface area (Å²) in [7, 11) is -2.07. The lowest BCUT2D eigenvalue weighted by molar-refractivity contribution is 0.102. The molecule has 1 aliphatic rings. The summed E-state index contributed by atoms with van der Waals surface area (Å²) in [6.45, 7) is 8.53. The maximum absolute atomic E-state index is 13.3. The molecule has 1 amide bonds. The number of sulfonamides is 1. The van der Waals surface area contributed by atoms with Crippen LogP contribution >= 0.6 is 0 Å². The monoisotopic (exact) mass is 583 g/mol. The van der Waals surface area contributed by atoms with Gasteiger partial charge in [0.25, 0.3) is 5.91 Å². The first-order valence-corrected chi connectivity index (χ1v) is 15.1. The second kappa shape index (κ2) is 13.6. The van der Waals surface area contributed by atoms with Crippen molar-refractivity contribution in [1.29, 1.82) is 0 Å². The molecule has 0 unspecified atom stereocenters. The van der Waals surface area contributed by atoms with Crippen LogP contribution in [-0.2, 0) is 10.0 Å². The smallest absolute Gasteiger partial charge is 0.255 e. The molecule has 0 bridgehead atoms. The summed E-state index contributed by atoms with van der Waals surface area (Å²) >= 11 is 0. The topological polar surface area (TPSA) is 107 Å². The fraction of sp³-hybridized carbons (Fsp3) is 0.367. The largest absolute Gasteiger partial charge is 0.495 e. The maximum atomic E-state index is 13.3. The SMILES string of the molecule is CCOc1cc(C(=O)Nc2ccc(S(=O)(=O)N3CCN(c4ccccc4OC)CC3)cc2)cc(OCC)c1OCC. The number of benzene rings is 3. The second-order valence-corrected chi connectivity index (χ2v) is 11.1. The van der Waals surface area contributed by atoms with Crippen LogP contribution in [0.3, 0.4) is 0 Å². The van der Waals surface area contributed by atoms with Crippen molar-refractivity contribution in [3.8, 4) is 23.0 Å². The van der Waals surface area contributed by atoms with Gasteiger partial charge in [0.15, 0.2) is 11.5 Å². The molecule has 1 N–H and O–H groups in total. The highest BCUT2D eigenvalue weighted by Crippen LogP contribution is 2.39. The summed E-state index contributed by atoms with van der Waals surface area (Å²) in [6.07, 6.45) is 0. The highest BCUT2D eigenvalue weighted by atomic mass is 32.2. The fourth-order valence-electron chi connectivity index (χ4n) is 4.64. The molecule has 41 heavy (non-hydrogen) atoms. The van der Waals surface area contributed by atoms with Crippen molar-refractivity contribution >= 4 is 27.3 Å². The first kappa shape index (κ1) is 30.0. The molecule has 4 rings (SSSR count). The highest BCUT2D eigenvalue weighted by Gasteiger charge is 2.29. The minimum atomic E-state index is -3.70. The summed E-state index contributed by atoms with van der Waals surface area (Å²) in [6, 6.07) is 17.1. The summed E-state index contributed by atoms with van der Waals surface area (Å²) in [5, 5.41) is 2.82. The molecular weight excluding hydrogens is 546 g/mol. The van der Waals surface area contributed by atoms with Crippen LogP contribution in [0.5, 0.6) is 23.0 Å². The van der Waals surface area contributed by atoms with Crippen LogP contribution in [0, 0.1) is 0 Å². The van der Waals surface area contributed by atoms with Gasteiger partial charge in [0.1, 0.15) is 5.75 Å². The molecule has 3 aromatic rings. The highest BCUT2D eigenvalue weighted by molar-refractivity contribution is 7.89. The number of ether oxygens (including phenoxy) is 4. The van der Waals surface area contributed by atoms with Crippen molar-refractivity contribution in [3.05, 3.63) is 66.2 Å². The third-order valence-corrected chi connectivity index (χ3v) is 8.50. The predicted octanol–water partition coefficient (Wildman–Crippen LogP) is 4.65. The standard InChI is InChI=1S/C30H37N3O7S/c1-5-38-27-20-22(21-28(39-6-2)29(27)40-7-3)30(34)31-23-12-14-24(15-13-23)41(35,36)33-18-16-32(17-19-33)25-10-8-9-11-26(25)37-4/h8-15,20-21H,5-7,16-19H2,1-4H3,(H,31,34). The summed E-state index contributed by atoms with van der Waals surface area (Å²) in [4.78, 5) is 15.4. The van der Waals surface area contributed by atoms with Crippen LogP contribution in [0.2, 0.25) is 0 Å². The quantitative estimate of drug-likeness (QED) is 0.328. The molecule has 1 fully saturated rings. The molecule has 0 radical (unpaired) electrons. The first-order valence-electron chi connectivity index (χ1n) is 13.7. The van der Waals surface area contributed by atoms with E-state index in [0.29, 0.717) is 74.5 Å². The minimum Gasteiger partial charge on any atom is -0.495 e. The molecule has 11 heteroatoms. The van der Waals surface area contributed by atoms with Gasteiger partial charge in [0, 0.05) is 37.4 Å². The molecule has 0 aliphatic carbocycles. The van der Waals surface area contributed by atoms with Crippen LogP contribution in [0.25, 0.3) is 0 Å². The molecule has 1 heterocycles. The van der Waals surface area contributed by atoms with E-state index in [9.17, 15) is 13.2 Å². The predicted molar refractivity (Wildman–Crippen MR) is 158 cm³/mol. The van der Waals surface area contributed by atoms with Crippen molar-refractivity contribution in [2.24, 2.45) is 0 Å². The number of nitrogens with zero attached hydrogens (tertiary/aromatic N) is 2. The average molecular weight is 584 g/mol. The van der Waals surface area contributed by atoms with Crippen molar-refractivity contribution in [2.75, 3.05) is 63.3 Å². The Kier molecular flexibility index (Phi) is 9.95. The van der Waals surface area contributed by atoms with Crippen molar-refractivity contribution < 1.29 is 32.2 Å². The second-order valence-electron chi connectivity index (χ2n) is 9.14.